The fourth-order valence-electron chi connectivity index (χ4n) is 2.50. The third-order valence-corrected chi connectivity index (χ3v) is 3.50. The van der Waals surface area contributed by atoms with Crippen LogP contribution in [-0.2, 0) is 6.54 Å². The van der Waals surface area contributed by atoms with Crippen molar-refractivity contribution in [2.24, 2.45) is 5.92 Å². The van der Waals surface area contributed by atoms with Gasteiger partial charge in [0.15, 0.2) is 0 Å². The minimum absolute atomic E-state index is 0.161. The van der Waals surface area contributed by atoms with Crippen molar-refractivity contribution >= 4 is 5.97 Å². The number of carbonyl (C=O) groups is 1. The summed E-state index contributed by atoms with van der Waals surface area (Å²) in [5.41, 5.74) is 0.457. The highest BCUT2D eigenvalue weighted by molar-refractivity contribution is 5.87. The van der Waals surface area contributed by atoms with Crippen LogP contribution in [0.2, 0.25) is 0 Å². The minimum Gasteiger partial charge on any atom is -0.478 e. The van der Waals surface area contributed by atoms with Crippen molar-refractivity contribution in [2.75, 3.05) is 13.6 Å². The van der Waals surface area contributed by atoms with Crippen LogP contribution in [0.4, 0.5) is 4.39 Å². The lowest BCUT2D eigenvalue weighted by Crippen LogP contribution is -2.36. The number of benzene rings is 1. The SMILES string of the molecule is CN(Cc1ccc(C(=O)O)c(F)c1)CC1CC(O)C1. The maximum atomic E-state index is 13.5. The number of hydrogen-bond acceptors (Lipinski definition) is 3. The number of aromatic carboxylic acids is 1. The first-order valence-electron chi connectivity index (χ1n) is 6.34. The van der Waals surface area contributed by atoms with E-state index in [0.717, 1.165) is 24.9 Å². The van der Waals surface area contributed by atoms with Gasteiger partial charge in [0.25, 0.3) is 0 Å². The van der Waals surface area contributed by atoms with E-state index in [2.05, 4.69) is 4.90 Å². The van der Waals surface area contributed by atoms with Crippen LogP contribution in [0.5, 0.6) is 0 Å². The summed E-state index contributed by atoms with van der Waals surface area (Å²) in [5, 5.41) is 18.0. The molecule has 0 spiro atoms. The molecular formula is C14H18FNO3. The van der Waals surface area contributed by atoms with Gasteiger partial charge < -0.3 is 15.1 Å². The molecule has 1 aromatic carbocycles. The normalized spacial score (nSPS) is 22.3. The van der Waals surface area contributed by atoms with E-state index in [9.17, 15) is 14.3 Å². The molecule has 4 nitrogen and oxygen atoms in total. The molecule has 1 aliphatic rings. The lowest BCUT2D eigenvalue weighted by molar-refractivity contribution is 0.0274. The van der Waals surface area contributed by atoms with E-state index in [-0.39, 0.29) is 11.7 Å². The van der Waals surface area contributed by atoms with E-state index < -0.39 is 11.8 Å². The average molecular weight is 267 g/mol. The van der Waals surface area contributed by atoms with E-state index in [1.807, 2.05) is 7.05 Å². The van der Waals surface area contributed by atoms with Gasteiger partial charge in [-0.2, -0.15) is 0 Å². The molecule has 1 saturated carbocycles. The lowest BCUT2D eigenvalue weighted by atomic mass is 9.82. The quantitative estimate of drug-likeness (QED) is 0.853. The fourth-order valence-corrected chi connectivity index (χ4v) is 2.50. The molecule has 1 fully saturated rings. The zero-order valence-corrected chi connectivity index (χ0v) is 10.8. The monoisotopic (exact) mass is 267 g/mol. The number of nitrogens with zero attached hydrogens (tertiary/aromatic N) is 1. The first kappa shape index (κ1) is 14.0. The Labute approximate surface area is 111 Å². The van der Waals surface area contributed by atoms with Gasteiger partial charge in [0.2, 0.25) is 0 Å². The zero-order valence-electron chi connectivity index (χ0n) is 10.8. The second-order valence-electron chi connectivity index (χ2n) is 5.31. The third-order valence-electron chi connectivity index (χ3n) is 3.50. The summed E-state index contributed by atoms with van der Waals surface area (Å²) in [6.45, 7) is 1.43. The molecule has 104 valence electrons. The van der Waals surface area contributed by atoms with Crippen LogP contribution in [-0.4, -0.2) is 40.8 Å². The Balaban J connectivity index is 1.91. The van der Waals surface area contributed by atoms with Crippen LogP contribution in [0.3, 0.4) is 0 Å². The second-order valence-corrected chi connectivity index (χ2v) is 5.31. The van der Waals surface area contributed by atoms with Crippen molar-refractivity contribution in [3.63, 3.8) is 0 Å². The molecule has 0 aromatic heterocycles. The number of aliphatic hydroxyl groups is 1. The molecule has 0 saturated heterocycles. The lowest BCUT2D eigenvalue weighted by Gasteiger charge is -2.34. The van der Waals surface area contributed by atoms with Crippen LogP contribution >= 0.6 is 0 Å². The van der Waals surface area contributed by atoms with Crippen LogP contribution in [0, 0.1) is 11.7 Å². The minimum atomic E-state index is -1.25. The Hall–Kier alpha value is -1.46. The largest absolute Gasteiger partial charge is 0.478 e. The van der Waals surface area contributed by atoms with Crippen molar-refractivity contribution < 1.29 is 19.4 Å². The fraction of sp³-hybridized carbons (Fsp3) is 0.500. The Morgan fingerprint density at radius 3 is 2.68 bits per heavy atom. The van der Waals surface area contributed by atoms with Gasteiger partial charge in [-0.1, -0.05) is 6.07 Å². The molecule has 2 N–H and O–H groups in total. The molecule has 19 heavy (non-hydrogen) atoms. The molecule has 2 rings (SSSR count). The Morgan fingerprint density at radius 1 is 1.47 bits per heavy atom. The Morgan fingerprint density at radius 2 is 2.16 bits per heavy atom. The zero-order chi connectivity index (χ0) is 14.0. The number of halogens is 1. The number of rotatable bonds is 5. The topological polar surface area (TPSA) is 60.8 Å². The molecule has 0 aliphatic heterocycles. The van der Waals surface area contributed by atoms with Gasteiger partial charge in [-0.05, 0) is 43.5 Å². The summed E-state index contributed by atoms with van der Waals surface area (Å²) in [7, 11) is 1.94. The highest BCUT2D eigenvalue weighted by atomic mass is 19.1. The van der Waals surface area contributed by atoms with E-state index in [1.54, 1.807) is 6.07 Å². The molecule has 0 unspecified atom stereocenters. The molecule has 0 bridgehead atoms. The van der Waals surface area contributed by atoms with Crippen molar-refractivity contribution in [3.05, 3.63) is 35.1 Å². The molecule has 0 radical (unpaired) electrons. The highest BCUT2D eigenvalue weighted by Crippen LogP contribution is 2.27. The average Bonchev–Trinajstić information content (AvgIpc) is 2.26. The maximum Gasteiger partial charge on any atom is 0.338 e. The van der Waals surface area contributed by atoms with Gasteiger partial charge in [0, 0.05) is 13.1 Å². The Kier molecular flexibility index (Phi) is 4.17. The number of carboxylic acids is 1. The van der Waals surface area contributed by atoms with Gasteiger partial charge in [-0.25, -0.2) is 9.18 Å². The summed E-state index contributed by atoms with van der Waals surface area (Å²) in [4.78, 5) is 12.8. The first-order chi connectivity index (χ1) is 8.95. The van der Waals surface area contributed by atoms with Crippen LogP contribution in [0.25, 0.3) is 0 Å². The highest BCUT2D eigenvalue weighted by Gasteiger charge is 2.27. The van der Waals surface area contributed by atoms with Crippen molar-refractivity contribution in [3.8, 4) is 0 Å². The second kappa shape index (κ2) is 5.67. The van der Waals surface area contributed by atoms with Gasteiger partial charge in [-0.15, -0.1) is 0 Å². The number of carboxylic acid groups (broad SMARTS) is 1. The van der Waals surface area contributed by atoms with E-state index in [1.165, 1.54) is 12.1 Å². The van der Waals surface area contributed by atoms with Crippen LogP contribution in [0.15, 0.2) is 18.2 Å². The molecule has 5 heteroatoms. The molecule has 0 heterocycles. The van der Waals surface area contributed by atoms with Crippen molar-refractivity contribution in [1.82, 2.24) is 4.90 Å². The summed E-state index contributed by atoms with van der Waals surface area (Å²) >= 11 is 0. The standard InChI is InChI=1S/C14H18FNO3/c1-16(8-10-4-11(17)5-10)7-9-2-3-12(14(18)19)13(15)6-9/h2-3,6,10-11,17H,4-5,7-8H2,1H3,(H,18,19). The van der Waals surface area contributed by atoms with Crippen molar-refractivity contribution in [2.45, 2.75) is 25.5 Å². The number of aliphatic hydroxyl groups excluding tert-OH is 1. The first-order valence-corrected chi connectivity index (χ1v) is 6.34. The van der Waals surface area contributed by atoms with Crippen LogP contribution in [0.1, 0.15) is 28.8 Å². The smallest absolute Gasteiger partial charge is 0.338 e. The Bertz CT molecular complexity index is 472. The molecule has 0 atom stereocenters. The predicted octanol–water partition coefficient (Wildman–Crippen LogP) is 1.73. The molecular weight excluding hydrogens is 249 g/mol. The van der Waals surface area contributed by atoms with Gasteiger partial charge in [0.1, 0.15) is 5.82 Å². The van der Waals surface area contributed by atoms with E-state index in [4.69, 9.17) is 5.11 Å². The van der Waals surface area contributed by atoms with Gasteiger partial charge in [0.05, 0.1) is 11.7 Å². The van der Waals surface area contributed by atoms with E-state index in [0.29, 0.717) is 12.5 Å². The van der Waals surface area contributed by atoms with Crippen LogP contribution < -0.4 is 0 Å². The van der Waals surface area contributed by atoms with Gasteiger partial charge in [-0.3, -0.25) is 0 Å². The third kappa shape index (κ3) is 3.52. The summed E-state index contributed by atoms with van der Waals surface area (Å²) in [5.74, 6) is -1.44. The molecule has 1 aliphatic carbocycles. The molecule has 1 aromatic rings. The molecule has 0 amide bonds. The predicted molar refractivity (Wildman–Crippen MR) is 68.4 cm³/mol. The maximum absolute atomic E-state index is 13.5. The van der Waals surface area contributed by atoms with Crippen molar-refractivity contribution in [1.29, 1.82) is 0 Å². The summed E-state index contributed by atoms with van der Waals surface area (Å²) in [6, 6.07) is 4.21. The summed E-state index contributed by atoms with van der Waals surface area (Å²) < 4.78 is 13.5. The van der Waals surface area contributed by atoms with E-state index >= 15 is 0 Å². The summed E-state index contributed by atoms with van der Waals surface area (Å²) in [6.07, 6.45) is 1.50. The van der Waals surface area contributed by atoms with Gasteiger partial charge >= 0.3 is 5.97 Å². The number of hydrogen-bond donors (Lipinski definition) is 2.